The van der Waals surface area contributed by atoms with E-state index in [4.69, 9.17) is 26.3 Å². The Kier molecular flexibility index (Phi) is 4.62. The lowest BCUT2D eigenvalue weighted by atomic mass is 10.1. The molecule has 0 aliphatic carbocycles. The lowest BCUT2D eigenvalue weighted by Crippen LogP contribution is -2.39. The van der Waals surface area contributed by atoms with Crippen molar-refractivity contribution in [2.45, 2.75) is 26.4 Å². The molecule has 0 saturated carbocycles. The molecule has 116 valence electrons. The monoisotopic (exact) mass is 320 g/mol. The molecule has 1 aliphatic rings. The minimum absolute atomic E-state index is 0.370. The van der Waals surface area contributed by atoms with Crippen LogP contribution in [-0.2, 0) is 9.47 Å². The fourth-order valence-electron chi connectivity index (χ4n) is 2.00. The van der Waals surface area contributed by atoms with Gasteiger partial charge in [-0.2, -0.15) is 5.26 Å². The highest BCUT2D eigenvalue weighted by atomic mass is 35.5. The number of carbonyl (C=O) groups is 1. The number of ether oxygens (including phenoxy) is 2. The van der Waals surface area contributed by atoms with Gasteiger partial charge in [-0.3, -0.25) is 4.90 Å². The lowest BCUT2D eigenvalue weighted by molar-refractivity contribution is 0.0296. The molecule has 0 spiro atoms. The summed E-state index contributed by atoms with van der Waals surface area (Å²) < 4.78 is 10.7. The molecule has 1 aromatic rings. The molecule has 5 nitrogen and oxygen atoms in total. The van der Waals surface area contributed by atoms with Crippen LogP contribution in [0.4, 0.5) is 4.79 Å². The predicted octanol–water partition coefficient (Wildman–Crippen LogP) is 3.78. The largest absolute Gasteiger partial charge is 0.497 e. The van der Waals surface area contributed by atoms with Gasteiger partial charge in [0.25, 0.3) is 0 Å². The SMILES string of the molecule is CC(C)(C)OC(=O)N1CCOC=C1c1cc(Cl)cc(C#N)c1. The maximum Gasteiger partial charge on any atom is 0.415 e. The second kappa shape index (κ2) is 6.29. The average molecular weight is 321 g/mol. The molecule has 2 rings (SSSR count). The number of amides is 1. The third kappa shape index (κ3) is 3.92. The molecule has 0 unspecified atom stereocenters. The van der Waals surface area contributed by atoms with Crippen LogP contribution in [0.15, 0.2) is 24.5 Å². The number of benzene rings is 1. The normalized spacial score (nSPS) is 14.7. The minimum Gasteiger partial charge on any atom is -0.497 e. The molecule has 1 amide bonds. The van der Waals surface area contributed by atoms with Gasteiger partial charge in [0, 0.05) is 10.6 Å². The van der Waals surface area contributed by atoms with E-state index in [1.54, 1.807) is 18.2 Å². The molecular weight excluding hydrogens is 304 g/mol. The van der Waals surface area contributed by atoms with E-state index in [0.29, 0.717) is 35.0 Å². The van der Waals surface area contributed by atoms with Crippen LogP contribution in [0.5, 0.6) is 0 Å². The van der Waals surface area contributed by atoms with Crippen molar-refractivity contribution in [2.24, 2.45) is 0 Å². The van der Waals surface area contributed by atoms with Crippen LogP contribution in [0.25, 0.3) is 5.70 Å². The summed E-state index contributed by atoms with van der Waals surface area (Å²) in [5, 5.41) is 9.47. The number of hydrogen-bond acceptors (Lipinski definition) is 4. The van der Waals surface area contributed by atoms with Gasteiger partial charge in [-0.25, -0.2) is 4.79 Å². The van der Waals surface area contributed by atoms with E-state index in [1.165, 1.54) is 11.2 Å². The van der Waals surface area contributed by atoms with Crippen LogP contribution in [0, 0.1) is 11.3 Å². The van der Waals surface area contributed by atoms with Crippen LogP contribution in [-0.4, -0.2) is 29.7 Å². The van der Waals surface area contributed by atoms with Gasteiger partial charge in [0.2, 0.25) is 0 Å². The zero-order valence-corrected chi connectivity index (χ0v) is 13.5. The Hall–Kier alpha value is -2.19. The van der Waals surface area contributed by atoms with E-state index in [1.807, 2.05) is 26.8 Å². The first-order valence-electron chi connectivity index (χ1n) is 6.83. The van der Waals surface area contributed by atoms with Gasteiger partial charge in [-0.05, 0) is 39.0 Å². The summed E-state index contributed by atoms with van der Waals surface area (Å²) in [4.78, 5) is 13.8. The zero-order valence-electron chi connectivity index (χ0n) is 12.7. The highest BCUT2D eigenvalue weighted by Gasteiger charge is 2.28. The molecule has 0 atom stereocenters. The maximum absolute atomic E-state index is 12.3. The number of rotatable bonds is 1. The Morgan fingerprint density at radius 1 is 1.41 bits per heavy atom. The summed E-state index contributed by atoms with van der Waals surface area (Å²) in [7, 11) is 0. The molecule has 0 radical (unpaired) electrons. The third-order valence-corrected chi connectivity index (χ3v) is 3.07. The molecule has 1 aliphatic heterocycles. The highest BCUT2D eigenvalue weighted by Crippen LogP contribution is 2.27. The van der Waals surface area contributed by atoms with E-state index < -0.39 is 11.7 Å². The molecule has 0 bridgehead atoms. The van der Waals surface area contributed by atoms with Crippen molar-refractivity contribution in [1.82, 2.24) is 4.90 Å². The van der Waals surface area contributed by atoms with Gasteiger partial charge in [0.15, 0.2) is 0 Å². The molecule has 0 N–H and O–H groups in total. The second-order valence-corrected chi connectivity index (χ2v) is 6.28. The van der Waals surface area contributed by atoms with Crippen molar-refractivity contribution in [1.29, 1.82) is 5.26 Å². The number of halogens is 1. The van der Waals surface area contributed by atoms with Crippen LogP contribution in [0.3, 0.4) is 0 Å². The van der Waals surface area contributed by atoms with E-state index in [-0.39, 0.29) is 0 Å². The van der Waals surface area contributed by atoms with Crippen molar-refractivity contribution in [3.8, 4) is 6.07 Å². The lowest BCUT2D eigenvalue weighted by Gasteiger charge is -2.31. The predicted molar refractivity (Wildman–Crippen MR) is 83.0 cm³/mol. The Bertz CT molecular complexity index is 656. The topological polar surface area (TPSA) is 62.6 Å². The summed E-state index contributed by atoms with van der Waals surface area (Å²) in [6, 6.07) is 6.94. The fourth-order valence-corrected chi connectivity index (χ4v) is 2.23. The smallest absolute Gasteiger partial charge is 0.415 e. The number of carbonyl (C=O) groups excluding carboxylic acids is 1. The molecule has 0 fully saturated rings. The summed E-state index contributed by atoms with van der Waals surface area (Å²) in [6.07, 6.45) is 1.03. The Balaban J connectivity index is 2.35. The standard InChI is InChI=1S/C16H17ClN2O3/c1-16(2,3)22-15(20)19-4-5-21-10-14(19)12-6-11(9-18)7-13(17)8-12/h6-8,10H,4-5H2,1-3H3. The first-order chi connectivity index (χ1) is 10.3. The number of nitrogens with zero attached hydrogens (tertiary/aromatic N) is 2. The van der Waals surface area contributed by atoms with Crippen molar-refractivity contribution >= 4 is 23.4 Å². The molecule has 6 heteroatoms. The summed E-state index contributed by atoms with van der Waals surface area (Å²) in [6.45, 7) is 6.18. The van der Waals surface area contributed by atoms with Gasteiger partial charge in [-0.1, -0.05) is 11.6 Å². The second-order valence-electron chi connectivity index (χ2n) is 5.85. The Morgan fingerprint density at radius 3 is 2.77 bits per heavy atom. The minimum atomic E-state index is -0.591. The highest BCUT2D eigenvalue weighted by molar-refractivity contribution is 6.30. The third-order valence-electron chi connectivity index (χ3n) is 2.86. The zero-order chi connectivity index (χ0) is 16.3. The molecule has 0 saturated heterocycles. The Morgan fingerprint density at radius 2 is 2.14 bits per heavy atom. The average Bonchev–Trinajstić information content (AvgIpc) is 2.44. The van der Waals surface area contributed by atoms with E-state index in [9.17, 15) is 4.79 Å². The van der Waals surface area contributed by atoms with Crippen molar-refractivity contribution in [2.75, 3.05) is 13.2 Å². The quantitative estimate of drug-likeness (QED) is 0.790. The van der Waals surface area contributed by atoms with Gasteiger partial charge in [0.05, 0.1) is 23.9 Å². The van der Waals surface area contributed by atoms with Crippen molar-refractivity contribution in [3.05, 3.63) is 40.6 Å². The van der Waals surface area contributed by atoms with E-state index >= 15 is 0 Å². The fraction of sp³-hybridized carbons (Fsp3) is 0.375. The maximum atomic E-state index is 12.3. The van der Waals surface area contributed by atoms with Crippen LogP contribution in [0.2, 0.25) is 5.02 Å². The van der Waals surface area contributed by atoms with Crippen molar-refractivity contribution in [3.63, 3.8) is 0 Å². The van der Waals surface area contributed by atoms with E-state index in [2.05, 4.69) is 0 Å². The van der Waals surface area contributed by atoms with Crippen molar-refractivity contribution < 1.29 is 14.3 Å². The van der Waals surface area contributed by atoms with Gasteiger partial charge in [0.1, 0.15) is 18.5 Å². The summed E-state index contributed by atoms with van der Waals surface area (Å²) in [5.74, 6) is 0. The van der Waals surface area contributed by atoms with E-state index in [0.717, 1.165) is 0 Å². The molecule has 1 aromatic carbocycles. The molecule has 22 heavy (non-hydrogen) atoms. The van der Waals surface area contributed by atoms with Gasteiger partial charge >= 0.3 is 6.09 Å². The first kappa shape index (κ1) is 16.2. The molecule has 1 heterocycles. The summed E-state index contributed by atoms with van der Waals surface area (Å²) >= 11 is 6.03. The Labute approximate surface area is 134 Å². The van der Waals surface area contributed by atoms with Gasteiger partial charge < -0.3 is 9.47 Å². The first-order valence-corrected chi connectivity index (χ1v) is 7.21. The van der Waals surface area contributed by atoms with Gasteiger partial charge in [-0.15, -0.1) is 0 Å². The molecular formula is C16H17ClN2O3. The molecule has 0 aromatic heterocycles. The van der Waals surface area contributed by atoms with Crippen LogP contribution in [0.1, 0.15) is 31.9 Å². The number of nitriles is 1. The van der Waals surface area contributed by atoms with Crippen LogP contribution < -0.4 is 0 Å². The number of hydrogen-bond donors (Lipinski definition) is 0. The summed E-state index contributed by atoms with van der Waals surface area (Å²) in [5.41, 5.74) is 0.986. The van der Waals surface area contributed by atoms with Crippen LogP contribution >= 0.6 is 11.6 Å².